The molecule has 3 rings (SSSR count). The Labute approximate surface area is 109 Å². The quantitative estimate of drug-likeness (QED) is 0.862. The van der Waals surface area contributed by atoms with Crippen molar-refractivity contribution in [2.24, 2.45) is 0 Å². The number of fused-ring (bicyclic) bond motifs is 1. The van der Waals surface area contributed by atoms with E-state index in [1.54, 1.807) is 0 Å². The Hall–Kier alpha value is -1.35. The van der Waals surface area contributed by atoms with Crippen LogP contribution in [0.15, 0.2) is 40.9 Å². The average molecular weight is 289 g/mol. The van der Waals surface area contributed by atoms with Gasteiger partial charge in [-0.1, -0.05) is 28.1 Å². The third-order valence-electron chi connectivity index (χ3n) is 3.02. The zero-order chi connectivity index (χ0) is 11.7. The van der Waals surface area contributed by atoms with Gasteiger partial charge >= 0.3 is 0 Å². The Balaban J connectivity index is 2.01. The summed E-state index contributed by atoms with van der Waals surface area (Å²) in [5.41, 5.74) is 4.61. The summed E-state index contributed by atoms with van der Waals surface area (Å²) in [6, 6.07) is 12.5. The first-order valence-corrected chi connectivity index (χ1v) is 6.62. The van der Waals surface area contributed by atoms with Gasteiger partial charge in [-0.3, -0.25) is 4.98 Å². The monoisotopic (exact) mass is 288 g/mol. The standard InChI is InChI=1S/C14H13BrN2/c15-11-5-3-10(4-6-11)12-7-8-13-14(17-12)2-1-9-16-13/h3-8,16H,1-2,9H2. The molecule has 0 amide bonds. The number of hydrogen-bond acceptors (Lipinski definition) is 2. The van der Waals surface area contributed by atoms with Gasteiger partial charge in [0, 0.05) is 16.6 Å². The van der Waals surface area contributed by atoms with Crippen molar-refractivity contribution in [1.29, 1.82) is 0 Å². The highest BCUT2D eigenvalue weighted by atomic mass is 79.9. The van der Waals surface area contributed by atoms with Gasteiger partial charge in [-0.15, -0.1) is 0 Å². The van der Waals surface area contributed by atoms with E-state index in [2.05, 4.69) is 57.6 Å². The molecule has 1 aliphatic heterocycles. The molecule has 86 valence electrons. The summed E-state index contributed by atoms with van der Waals surface area (Å²) < 4.78 is 1.10. The first-order valence-electron chi connectivity index (χ1n) is 5.83. The zero-order valence-corrected chi connectivity index (χ0v) is 11.0. The van der Waals surface area contributed by atoms with Crippen LogP contribution in [-0.2, 0) is 6.42 Å². The molecule has 0 saturated heterocycles. The molecule has 2 aromatic rings. The van der Waals surface area contributed by atoms with Crippen LogP contribution >= 0.6 is 15.9 Å². The molecule has 1 N–H and O–H groups in total. The van der Waals surface area contributed by atoms with E-state index in [9.17, 15) is 0 Å². The molecule has 2 heterocycles. The van der Waals surface area contributed by atoms with Crippen LogP contribution in [-0.4, -0.2) is 11.5 Å². The molecule has 0 aliphatic carbocycles. The summed E-state index contributed by atoms with van der Waals surface area (Å²) in [4.78, 5) is 4.74. The number of anilines is 1. The Morgan fingerprint density at radius 1 is 1.06 bits per heavy atom. The molecule has 0 radical (unpaired) electrons. The number of rotatable bonds is 1. The van der Waals surface area contributed by atoms with Crippen LogP contribution in [0.5, 0.6) is 0 Å². The van der Waals surface area contributed by atoms with Gasteiger partial charge in [0.2, 0.25) is 0 Å². The molecule has 17 heavy (non-hydrogen) atoms. The summed E-state index contributed by atoms with van der Waals surface area (Å²) in [5, 5.41) is 3.38. The van der Waals surface area contributed by atoms with E-state index in [4.69, 9.17) is 4.98 Å². The fourth-order valence-electron chi connectivity index (χ4n) is 2.11. The van der Waals surface area contributed by atoms with Gasteiger partial charge in [0.1, 0.15) is 0 Å². The number of pyridine rings is 1. The van der Waals surface area contributed by atoms with Crippen molar-refractivity contribution < 1.29 is 0 Å². The van der Waals surface area contributed by atoms with E-state index >= 15 is 0 Å². The number of halogens is 1. The van der Waals surface area contributed by atoms with E-state index in [1.165, 1.54) is 23.4 Å². The lowest BCUT2D eigenvalue weighted by molar-refractivity contribution is 0.803. The Morgan fingerprint density at radius 2 is 1.88 bits per heavy atom. The second-order valence-electron chi connectivity index (χ2n) is 4.23. The van der Waals surface area contributed by atoms with Crippen molar-refractivity contribution in [2.75, 3.05) is 11.9 Å². The Bertz CT molecular complexity index is 534. The van der Waals surface area contributed by atoms with Crippen molar-refractivity contribution in [3.63, 3.8) is 0 Å². The van der Waals surface area contributed by atoms with Gasteiger partial charge in [-0.05, 0) is 37.1 Å². The maximum Gasteiger partial charge on any atom is 0.0706 e. The zero-order valence-electron chi connectivity index (χ0n) is 9.41. The molecule has 0 spiro atoms. The van der Waals surface area contributed by atoms with Crippen molar-refractivity contribution >= 4 is 21.6 Å². The molecule has 2 nitrogen and oxygen atoms in total. The summed E-state index contributed by atoms with van der Waals surface area (Å²) in [6.07, 6.45) is 2.25. The minimum Gasteiger partial charge on any atom is -0.384 e. The third-order valence-corrected chi connectivity index (χ3v) is 3.55. The topological polar surface area (TPSA) is 24.9 Å². The molecule has 0 unspecified atom stereocenters. The number of nitrogens with zero attached hydrogens (tertiary/aromatic N) is 1. The molecular formula is C14H13BrN2. The van der Waals surface area contributed by atoms with Gasteiger partial charge in [-0.2, -0.15) is 0 Å². The van der Waals surface area contributed by atoms with E-state index in [0.29, 0.717) is 0 Å². The summed E-state index contributed by atoms with van der Waals surface area (Å²) in [5.74, 6) is 0. The van der Waals surface area contributed by atoms with E-state index in [0.717, 1.165) is 23.1 Å². The number of aromatic nitrogens is 1. The minimum atomic E-state index is 1.06. The first kappa shape index (κ1) is 10.8. The number of nitrogens with one attached hydrogen (secondary N) is 1. The molecule has 0 fully saturated rings. The van der Waals surface area contributed by atoms with Crippen LogP contribution in [0.1, 0.15) is 12.1 Å². The van der Waals surface area contributed by atoms with E-state index < -0.39 is 0 Å². The highest BCUT2D eigenvalue weighted by Gasteiger charge is 2.10. The molecule has 0 atom stereocenters. The SMILES string of the molecule is Brc1ccc(-c2ccc3c(n2)CCCN3)cc1. The molecule has 1 aromatic carbocycles. The predicted octanol–water partition coefficient (Wildman–Crippen LogP) is 3.87. The number of benzene rings is 1. The number of aryl methyl sites for hydroxylation is 1. The van der Waals surface area contributed by atoms with Gasteiger partial charge in [-0.25, -0.2) is 0 Å². The molecule has 3 heteroatoms. The van der Waals surface area contributed by atoms with E-state index in [1.807, 2.05) is 0 Å². The second kappa shape index (κ2) is 4.49. The highest BCUT2D eigenvalue weighted by molar-refractivity contribution is 9.10. The lowest BCUT2D eigenvalue weighted by Crippen LogP contribution is -2.13. The van der Waals surface area contributed by atoms with Gasteiger partial charge in [0.05, 0.1) is 17.1 Å². The highest BCUT2D eigenvalue weighted by Crippen LogP contribution is 2.25. The Kier molecular flexibility index (Phi) is 2.85. The molecule has 0 saturated carbocycles. The fraction of sp³-hybridized carbons (Fsp3) is 0.214. The van der Waals surface area contributed by atoms with Crippen LogP contribution in [0.3, 0.4) is 0 Å². The number of hydrogen-bond donors (Lipinski definition) is 1. The van der Waals surface area contributed by atoms with Crippen LogP contribution in [0.2, 0.25) is 0 Å². The minimum absolute atomic E-state index is 1.06. The Morgan fingerprint density at radius 3 is 2.71 bits per heavy atom. The maximum atomic E-state index is 4.74. The van der Waals surface area contributed by atoms with Gasteiger partial charge < -0.3 is 5.32 Å². The lowest BCUT2D eigenvalue weighted by Gasteiger charge is -2.17. The summed E-state index contributed by atoms with van der Waals surface area (Å²) in [7, 11) is 0. The molecule has 1 aromatic heterocycles. The maximum absolute atomic E-state index is 4.74. The van der Waals surface area contributed by atoms with Crippen LogP contribution in [0.4, 0.5) is 5.69 Å². The molecular weight excluding hydrogens is 276 g/mol. The first-order chi connectivity index (χ1) is 8.33. The molecule has 0 bridgehead atoms. The third kappa shape index (κ3) is 2.20. The van der Waals surface area contributed by atoms with Crippen LogP contribution < -0.4 is 5.32 Å². The summed E-state index contributed by atoms with van der Waals surface area (Å²) >= 11 is 3.45. The normalized spacial score (nSPS) is 13.9. The van der Waals surface area contributed by atoms with Crippen molar-refractivity contribution in [3.8, 4) is 11.3 Å². The van der Waals surface area contributed by atoms with Gasteiger partial charge in [0.15, 0.2) is 0 Å². The van der Waals surface area contributed by atoms with Crippen LogP contribution in [0, 0.1) is 0 Å². The van der Waals surface area contributed by atoms with Crippen molar-refractivity contribution in [2.45, 2.75) is 12.8 Å². The molecule has 1 aliphatic rings. The van der Waals surface area contributed by atoms with Gasteiger partial charge in [0.25, 0.3) is 0 Å². The summed E-state index contributed by atoms with van der Waals surface area (Å²) in [6.45, 7) is 1.06. The lowest BCUT2D eigenvalue weighted by atomic mass is 10.1. The van der Waals surface area contributed by atoms with E-state index in [-0.39, 0.29) is 0 Å². The fourth-order valence-corrected chi connectivity index (χ4v) is 2.38. The largest absolute Gasteiger partial charge is 0.384 e. The van der Waals surface area contributed by atoms with Crippen molar-refractivity contribution in [3.05, 3.63) is 46.6 Å². The van der Waals surface area contributed by atoms with Crippen LogP contribution in [0.25, 0.3) is 11.3 Å². The second-order valence-corrected chi connectivity index (χ2v) is 5.14. The smallest absolute Gasteiger partial charge is 0.0706 e. The average Bonchev–Trinajstić information content (AvgIpc) is 2.39. The van der Waals surface area contributed by atoms with Crippen molar-refractivity contribution in [1.82, 2.24) is 4.98 Å². The predicted molar refractivity (Wildman–Crippen MR) is 74.2 cm³/mol.